The van der Waals surface area contributed by atoms with Crippen LogP contribution in [0.2, 0.25) is 0 Å². The van der Waals surface area contributed by atoms with Crippen molar-refractivity contribution >= 4 is 23.1 Å². The zero-order valence-corrected chi connectivity index (χ0v) is 7.40. The van der Waals surface area contributed by atoms with Crippen molar-refractivity contribution < 1.29 is 9.90 Å². The Bertz CT molecular complexity index is 557. The number of carboxylic acid groups (broad SMARTS) is 1. The van der Waals surface area contributed by atoms with Crippen LogP contribution in [0.5, 0.6) is 0 Å². The number of carbonyl (C=O) groups is 1. The zero-order valence-electron chi connectivity index (χ0n) is 7.40. The predicted molar refractivity (Wildman–Crippen MR) is 48.0 cm³/mol. The Hall–Kier alpha value is -2.38. The number of fused-ring (bicyclic) bond motifs is 1. The molecular weight excluding hydrogens is 202 g/mol. The summed E-state index contributed by atoms with van der Waals surface area (Å²) >= 11 is 0. The number of imidazole rings is 1. The Labute approximate surface area is 82.4 Å². The topological polar surface area (TPSA) is 127 Å². The van der Waals surface area contributed by atoms with Gasteiger partial charge in [-0.2, -0.15) is 4.98 Å². The Morgan fingerprint density at radius 1 is 1.60 bits per heavy atom. The minimum atomic E-state index is -1.29. The van der Waals surface area contributed by atoms with E-state index in [2.05, 4.69) is 25.3 Å². The van der Waals surface area contributed by atoms with Gasteiger partial charge in [0.1, 0.15) is 0 Å². The number of aromatic nitrogens is 4. The van der Waals surface area contributed by atoms with Crippen LogP contribution >= 0.6 is 0 Å². The molecule has 0 bridgehead atoms. The number of H-pyrrole nitrogens is 2. The summed E-state index contributed by atoms with van der Waals surface area (Å²) in [5.41, 5.74) is 0.0481. The second-order valence-corrected chi connectivity index (χ2v) is 2.74. The molecule has 0 saturated carbocycles. The van der Waals surface area contributed by atoms with Crippen molar-refractivity contribution in [3.63, 3.8) is 0 Å². The van der Waals surface area contributed by atoms with Crippen molar-refractivity contribution in [1.82, 2.24) is 19.9 Å². The predicted octanol–water partition coefficient (Wildman–Crippen LogP) is -2.19. The number of anilines is 1. The van der Waals surface area contributed by atoms with Crippen molar-refractivity contribution in [1.29, 1.82) is 0 Å². The van der Waals surface area contributed by atoms with Gasteiger partial charge in [-0.3, -0.25) is 9.78 Å². The molecule has 0 spiro atoms. The van der Waals surface area contributed by atoms with E-state index in [-0.39, 0.29) is 17.1 Å². The summed E-state index contributed by atoms with van der Waals surface area (Å²) in [7, 11) is 0. The normalized spacial score (nSPS) is 10.4. The van der Waals surface area contributed by atoms with E-state index >= 15 is 0 Å². The van der Waals surface area contributed by atoms with Crippen LogP contribution in [-0.4, -0.2) is 32.4 Å². The maximum atomic E-state index is 11.3. The smallest absolute Gasteiger partial charge is 0.278 e. The quantitative estimate of drug-likeness (QED) is 0.525. The van der Waals surface area contributed by atoms with Crippen molar-refractivity contribution in [2.24, 2.45) is 0 Å². The lowest BCUT2D eigenvalue weighted by atomic mass is 10.5. The number of hydrogen-bond acceptors (Lipinski definition) is 6. The molecule has 0 aliphatic carbocycles. The number of rotatable bonds is 3. The van der Waals surface area contributed by atoms with Crippen molar-refractivity contribution in [2.45, 2.75) is 0 Å². The average Bonchev–Trinajstić information content (AvgIpc) is 2.63. The van der Waals surface area contributed by atoms with Gasteiger partial charge in [0.05, 0.1) is 18.8 Å². The first-order valence-electron chi connectivity index (χ1n) is 4.04. The number of carbonyl (C=O) groups excluding carboxylic acids is 1. The van der Waals surface area contributed by atoms with E-state index in [9.17, 15) is 14.7 Å². The molecule has 0 aromatic carbocycles. The van der Waals surface area contributed by atoms with Gasteiger partial charge in [-0.1, -0.05) is 0 Å². The van der Waals surface area contributed by atoms with Gasteiger partial charge in [-0.15, -0.1) is 0 Å². The molecule has 0 saturated heterocycles. The van der Waals surface area contributed by atoms with Crippen LogP contribution in [-0.2, 0) is 4.79 Å². The van der Waals surface area contributed by atoms with Crippen LogP contribution in [0.25, 0.3) is 11.2 Å². The number of nitrogens with one attached hydrogen (secondary N) is 3. The highest BCUT2D eigenvalue weighted by Crippen LogP contribution is 2.01. The maximum absolute atomic E-state index is 11.3. The van der Waals surface area contributed by atoms with E-state index in [0.717, 1.165) is 0 Å². The highest BCUT2D eigenvalue weighted by molar-refractivity contribution is 5.72. The third-order valence-electron chi connectivity index (χ3n) is 1.70. The summed E-state index contributed by atoms with van der Waals surface area (Å²) in [6, 6.07) is 0. The van der Waals surface area contributed by atoms with Crippen LogP contribution in [0, 0.1) is 0 Å². The monoisotopic (exact) mass is 208 g/mol. The summed E-state index contributed by atoms with van der Waals surface area (Å²) in [6.07, 6.45) is 1.33. The number of carboxylic acids is 1. The van der Waals surface area contributed by atoms with Gasteiger partial charge in [0.2, 0.25) is 5.95 Å². The highest BCUT2D eigenvalue weighted by atomic mass is 16.4. The Kier molecular flexibility index (Phi) is 2.08. The lowest BCUT2D eigenvalue weighted by Crippen LogP contribution is -2.31. The minimum Gasteiger partial charge on any atom is -0.548 e. The molecule has 15 heavy (non-hydrogen) atoms. The standard InChI is InChI=1S/C7H7N5O3/c13-3(14)1-8-7-11-5-4(6(15)12-7)9-2-10-5/h2H,1H2,(H,13,14)(H3,8,9,10,11,12,15)/p-1. The number of nitrogens with zero attached hydrogens (tertiary/aromatic N) is 2. The average molecular weight is 208 g/mol. The van der Waals surface area contributed by atoms with Crippen molar-refractivity contribution in [3.05, 3.63) is 16.7 Å². The van der Waals surface area contributed by atoms with Gasteiger partial charge in [0.25, 0.3) is 5.56 Å². The first-order valence-corrected chi connectivity index (χ1v) is 4.04. The van der Waals surface area contributed by atoms with Crippen LogP contribution in [0.1, 0.15) is 0 Å². The third kappa shape index (κ3) is 1.77. The molecule has 0 atom stereocenters. The number of hydrogen-bond donors (Lipinski definition) is 3. The molecule has 0 fully saturated rings. The SMILES string of the molecule is O=C([O-])CNc1nc2nc[nH]c2c(=O)[nH]1. The van der Waals surface area contributed by atoms with Gasteiger partial charge in [-0.05, 0) is 0 Å². The molecule has 2 heterocycles. The summed E-state index contributed by atoms with van der Waals surface area (Å²) in [6.45, 7) is -0.432. The summed E-state index contributed by atoms with van der Waals surface area (Å²) in [5.74, 6) is -1.25. The Morgan fingerprint density at radius 2 is 2.40 bits per heavy atom. The largest absolute Gasteiger partial charge is 0.548 e. The number of aliphatic carboxylic acids is 1. The van der Waals surface area contributed by atoms with Gasteiger partial charge < -0.3 is 20.2 Å². The minimum absolute atomic E-state index is 0.0452. The van der Waals surface area contributed by atoms with Crippen LogP contribution in [0.15, 0.2) is 11.1 Å². The molecule has 78 valence electrons. The van der Waals surface area contributed by atoms with Gasteiger partial charge in [0.15, 0.2) is 11.2 Å². The molecule has 2 aromatic heterocycles. The lowest BCUT2D eigenvalue weighted by Gasteiger charge is -2.04. The number of aromatic amines is 2. The Morgan fingerprint density at radius 3 is 3.13 bits per heavy atom. The van der Waals surface area contributed by atoms with E-state index < -0.39 is 18.1 Å². The van der Waals surface area contributed by atoms with Crippen molar-refractivity contribution in [3.8, 4) is 0 Å². The van der Waals surface area contributed by atoms with Gasteiger partial charge in [0, 0.05) is 0 Å². The first kappa shape index (κ1) is 9.19. The molecule has 0 aliphatic heterocycles. The second kappa shape index (κ2) is 3.40. The van der Waals surface area contributed by atoms with E-state index in [0.29, 0.717) is 0 Å². The van der Waals surface area contributed by atoms with Crippen LogP contribution < -0.4 is 16.0 Å². The molecule has 8 nitrogen and oxygen atoms in total. The molecule has 0 aliphatic rings. The third-order valence-corrected chi connectivity index (χ3v) is 1.70. The van der Waals surface area contributed by atoms with Crippen molar-refractivity contribution in [2.75, 3.05) is 11.9 Å². The summed E-state index contributed by atoms with van der Waals surface area (Å²) in [4.78, 5) is 34.1. The molecule has 8 heteroatoms. The molecular formula is C7H6N5O3-. The highest BCUT2D eigenvalue weighted by Gasteiger charge is 2.04. The molecule has 2 aromatic rings. The van der Waals surface area contributed by atoms with Crippen LogP contribution in [0.4, 0.5) is 5.95 Å². The van der Waals surface area contributed by atoms with E-state index in [1.807, 2.05) is 0 Å². The Balaban J connectivity index is 2.36. The first-order chi connectivity index (χ1) is 7.16. The molecule has 0 radical (unpaired) electrons. The fourth-order valence-corrected chi connectivity index (χ4v) is 1.08. The van der Waals surface area contributed by atoms with Gasteiger partial charge >= 0.3 is 0 Å². The zero-order chi connectivity index (χ0) is 10.8. The van der Waals surface area contributed by atoms with Crippen LogP contribution in [0.3, 0.4) is 0 Å². The summed E-state index contributed by atoms with van der Waals surface area (Å²) in [5, 5.41) is 12.5. The van der Waals surface area contributed by atoms with Gasteiger partial charge in [-0.25, -0.2) is 4.98 Å². The maximum Gasteiger partial charge on any atom is 0.278 e. The lowest BCUT2D eigenvalue weighted by molar-refractivity contribution is -0.302. The molecule has 3 N–H and O–H groups in total. The fourth-order valence-electron chi connectivity index (χ4n) is 1.08. The van der Waals surface area contributed by atoms with E-state index in [4.69, 9.17) is 0 Å². The summed E-state index contributed by atoms with van der Waals surface area (Å²) < 4.78 is 0. The van der Waals surface area contributed by atoms with E-state index in [1.54, 1.807) is 0 Å². The fraction of sp³-hybridized carbons (Fsp3) is 0.143. The molecule has 0 unspecified atom stereocenters. The molecule has 0 amide bonds. The second-order valence-electron chi connectivity index (χ2n) is 2.74. The molecule has 2 rings (SSSR count). The van der Waals surface area contributed by atoms with E-state index in [1.165, 1.54) is 6.33 Å².